The molecule has 224 valence electrons. The van der Waals surface area contributed by atoms with Gasteiger partial charge in [0.05, 0.1) is 35.6 Å². The van der Waals surface area contributed by atoms with Crippen LogP contribution >= 0.6 is 0 Å². The van der Waals surface area contributed by atoms with E-state index in [-0.39, 0.29) is 13.2 Å². The van der Waals surface area contributed by atoms with E-state index in [1.165, 1.54) is 0 Å². The molecule has 2 aromatic heterocycles. The first-order chi connectivity index (χ1) is 23.1. The zero-order valence-corrected chi connectivity index (χ0v) is 25.6. The predicted molar refractivity (Wildman–Crippen MR) is 190 cm³/mol. The maximum atomic E-state index is 11.8. The Morgan fingerprint density at radius 2 is 0.830 bits per heavy atom. The Hall–Kier alpha value is -5.42. The highest BCUT2D eigenvalue weighted by Crippen LogP contribution is 2.61. The standard InChI is InChI=1S/C43H30N2O2/c46-24-42(32-19-17-26-9-1-5-13-30(26)38(32)40-34(42)21-28-11-3-7-15-36(28)44-40)23-43(25-47)33-20-18-27-10-2-6-14-31(27)39(33)41-35(43)22-29-12-4-8-16-37(29)45-41/h1-22,46-47H,23-25H2. The molecule has 0 spiro atoms. The smallest absolute Gasteiger partial charge is 0.0761 e. The van der Waals surface area contributed by atoms with Crippen LogP contribution in [0.4, 0.5) is 0 Å². The lowest BCUT2D eigenvalue weighted by Gasteiger charge is -2.40. The molecule has 4 heteroatoms. The summed E-state index contributed by atoms with van der Waals surface area (Å²) in [4.78, 5) is 10.6. The van der Waals surface area contributed by atoms with Crippen molar-refractivity contribution in [3.05, 3.63) is 156 Å². The van der Waals surface area contributed by atoms with Crippen LogP contribution < -0.4 is 0 Å². The molecule has 0 aliphatic heterocycles. The van der Waals surface area contributed by atoms with Gasteiger partial charge in [-0.3, -0.25) is 0 Å². The second-order valence-electron chi connectivity index (χ2n) is 13.2. The average molecular weight is 607 g/mol. The first-order valence-corrected chi connectivity index (χ1v) is 16.2. The summed E-state index contributed by atoms with van der Waals surface area (Å²) < 4.78 is 0. The van der Waals surface area contributed by atoms with Crippen molar-refractivity contribution in [2.24, 2.45) is 0 Å². The maximum absolute atomic E-state index is 11.8. The first kappa shape index (κ1) is 26.8. The summed E-state index contributed by atoms with van der Waals surface area (Å²) in [5.41, 5.74) is 8.23. The van der Waals surface area contributed by atoms with Crippen LogP contribution in [0.3, 0.4) is 0 Å². The largest absolute Gasteiger partial charge is 0.395 e. The van der Waals surface area contributed by atoms with Gasteiger partial charge in [0.25, 0.3) is 0 Å². The maximum Gasteiger partial charge on any atom is 0.0761 e. The fraction of sp³-hybridized carbons (Fsp3) is 0.116. The van der Waals surface area contributed by atoms with Crippen molar-refractivity contribution < 1.29 is 10.2 Å². The molecule has 0 amide bonds. The Bertz CT molecular complexity index is 2430. The molecular weight excluding hydrogens is 576 g/mol. The van der Waals surface area contributed by atoms with Crippen molar-refractivity contribution in [2.45, 2.75) is 17.3 Å². The molecule has 2 N–H and O–H groups in total. The molecule has 0 radical (unpaired) electrons. The molecule has 2 unspecified atom stereocenters. The third kappa shape index (κ3) is 3.44. The number of hydrogen-bond acceptors (Lipinski definition) is 4. The Morgan fingerprint density at radius 3 is 1.28 bits per heavy atom. The summed E-state index contributed by atoms with van der Waals surface area (Å²) >= 11 is 0. The van der Waals surface area contributed by atoms with Crippen LogP contribution in [0.1, 0.15) is 28.7 Å². The molecule has 8 aromatic rings. The van der Waals surface area contributed by atoms with Gasteiger partial charge in [0.2, 0.25) is 0 Å². The molecule has 10 rings (SSSR count). The molecule has 4 nitrogen and oxygen atoms in total. The number of nitrogens with zero attached hydrogens (tertiary/aromatic N) is 2. The minimum absolute atomic E-state index is 0.133. The minimum atomic E-state index is -0.843. The summed E-state index contributed by atoms with van der Waals surface area (Å²) in [6.45, 7) is -0.265. The van der Waals surface area contributed by atoms with E-state index in [1.807, 2.05) is 24.3 Å². The number of rotatable bonds is 4. The molecule has 0 bridgehead atoms. The summed E-state index contributed by atoms with van der Waals surface area (Å²) in [7, 11) is 0. The third-order valence-corrected chi connectivity index (χ3v) is 11.0. The number of fused-ring (bicyclic) bond motifs is 12. The van der Waals surface area contributed by atoms with E-state index < -0.39 is 10.8 Å². The normalized spacial score (nSPS) is 19.3. The van der Waals surface area contributed by atoms with E-state index in [9.17, 15) is 10.2 Å². The van der Waals surface area contributed by atoms with Gasteiger partial charge in [0.15, 0.2) is 0 Å². The van der Waals surface area contributed by atoms with Crippen LogP contribution in [-0.4, -0.2) is 33.4 Å². The van der Waals surface area contributed by atoms with E-state index >= 15 is 0 Å². The minimum Gasteiger partial charge on any atom is -0.395 e. The Labute approximate surface area is 271 Å². The van der Waals surface area contributed by atoms with Gasteiger partial charge >= 0.3 is 0 Å². The van der Waals surface area contributed by atoms with Crippen LogP contribution in [0.5, 0.6) is 0 Å². The molecule has 6 aromatic carbocycles. The second-order valence-corrected chi connectivity index (χ2v) is 13.2. The van der Waals surface area contributed by atoms with Crippen LogP contribution in [0, 0.1) is 0 Å². The molecule has 0 fully saturated rings. The highest BCUT2D eigenvalue weighted by Gasteiger charge is 2.54. The summed E-state index contributed by atoms with van der Waals surface area (Å²) in [5.74, 6) is 0. The number of hydrogen-bond donors (Lipinski definition) is 2. The van der Waals surface area contributed by atoms with Crippen LogP contribution in [0.15, 0.2) is 133 Å². The molecule has 0 saturated carbocycles. The third-order valence-electron chi connectivity index (χ3n) is 11.0. The predicted octanol–water partition coefficient (Wildman–Crippen LogP) is 8.70. The Kier molecular flexibility index (Phi) is 5.44. The number of aromatic nitrogens is 2. The lowest BCUT2D eigenvalue weighted by atomic mass is 9.63. The summed E-state index contributed by atoms with van der Waals surface area (Å²) in [5, 5.41) is 30.3. The zero-order chi connectivity index (χ0) is 31.3. The topological polar surface area (TPSA) is 66.2 Å². The van der Waals surface area contributed by atoms with E-state index in [0.29, 0.717) is 6.42 Å². The number of aliphatic hydroxyl groups is 2. The second kappa shape index (κ2) is 9.55. The van der Waals surface area contributed by atoms with Crippen LogP contribution in [-0.2, 0) is 10.8 Å². The molecule has 47 heavy (non-hydrogen) atoms. The van der Waals surface area contributed by atoms with Gasteiger partial charge in [-0.15, -0.1) is 0 Å². The zero-order valence-electron chi connectivity index (χ0n) is 25.6. The lowest BCUT2D eigenvalue weighted by Crippen LogP contribution is -2.42. The quantitative estimate of drug-likeness (QED) is 0.210. The molecule has 2 aliphatic rings. The molecule has 2 heterocycles. The Balaban J connectivity index is 1.32. The molecule has 0 saturated heterocycles. The lowest BCUT2D eigenvalue weighted by molar-refractivity contribution is 0.154. The number of pyridine rings is 2. The SMILES string of the molecule is OCC1(CC2(CO)c3cc4ccccc4nc3-c3c2ccc2ccccc32)c2cc3ccccc3nc2-c2c1ccc1ccccc21. The van der Waals surface area contributed by atoms with Gasteiger partial charge in [-0.2, -0.15) is 0 Å². The van der Waals surface area contributed by atoms with Crippen molar-refractivity contribution in [3.63, 3.8) is 0 Å². The van der Waals surface area contributed by atoms with Crippen molar-refractivity contribution in [2.75, 3.05) is 13.2 Å². The number of benzene rings is 6. The van der Waals surface area contributed by atoms with Gasteiger partial charge < -0.3 is 10.2 Å². The van der Waals surface area contributed by atoms with Crippen LogP contribution in [0.2, 0.25) is 0 Å². The molecule has 2 atom stereocenters. The van der Waals surface area contributed by atoms with Crippen LogP contribution in [0.25, 0.3) is 65.9 Å². The first-order valence-electron chi connectivity index (χ1n) is 16.2. The average Bonchev–Trinajstić information content (AvgIpc) is 3.56. The van der Waals surface area contributed by atoms with Gasteiger partial charge in [-0.05, 0) is 74.5 Å². The number of aliphatic hydroxyl groups excluding tert-OH is 2. The highest BCUT2D eigenvalue weighted by molar-refractivity contribution is 6.05. The van der Waals surface area contributed by atoms with E-state index in [4.69, 9.17) is 9.97 Å². The fourth-order valence-electron chi connectivity index (χ4n) is 8.83. The van der Waals surface area contributed by atoms with Gasteiger partial charge in [0, 0.05) is 32.7 Å². The summed E-state index contributed by atoms with van der Waals surface area (Å²) in [6, 6.07) is 46.4. The summed E-state index contributed by atoms with van der Waals surface area (Å²) in [6.07, 6.45) is 0.448. The van der Waals surface area contributed by atoms with Crippen molar-refractivity contribution in [1.29, 1.82) is 0 Å². The molecule has 2 aliphatic carbocycles. The van der Waals surface area contributed by atoms with Gasteiger partial charge in [-0.25, -0.2) is 9.97 Å². The van der Waals surface area contributed by atoms with Crippen molar-refractivity contribution in [3.8, 4) is 22.5 Å². The monoisotopic (exact) mass is 606 g/mol. The van der Waals surface area contributed by atoms with E-state index in [0.717, 1.165) is 88.1 Å². The van der Waals surface area contributed by atoms with E-state index in [2.05, 4.69) is 109 Å². The Morgan fingerprint density at radius 1 is 0.426 bits per heavy atom. The highest BCUT2D eigenvalue weighted by atomic mass is 16.3. The van der Waals surface area contributed by atoms with Crippen molar-refractivity contribution in [1.82, 2.24) is 9.97 Å². The number of para-hydroxylation sites is 2. The van der Waals surface area contributed by atoms with Gasteiger partial charge in [0.1, 0.15) is 0 Å². The fourth-order valence-corrected chi connectivity index (χ4v) is 8.83. The molecular formula is C43H30N2O2. The van der Waals surface area contributed by atoms with Crippen molar-refractivity contribution >= 4 is 43.4 Å². The van der Waals surface area contributed by atoms with Gasteiger partial charge in [-0.1, -0.05) is 109 Å². The van der Waals surface area contributed by atoms with E-state index in [1.54, 1.807) is 0 Å².